The summed E-state index contributed by atoms with van der Waals surface area (Å²) < 4.78 is 5.24. The first-order valence-electron chi connectivity index (χ1n) is 6.32. The number of nitrogens with one attached hydrogen (secondary N) is 2. The normalized spacial score (nSPS) is 18.2. The van der Waals surface area contributed by atoms with Crippen molar-refractivity contribution in [3.8, 4) is 0 Å². The zero-order valence-electron chi connectivity index (χ0n) is 10.2. The van der Waals surface area contributed by atoms with Crippen molar-refractivity contribution < 1.29 is 9.21 Å². The number of furan rings is 1. The van der Waals surface area contributed by atoms with Gasteiger partial charge in [0, 0.05) is 6.04 Å². The summed E-state index contributed by atoms with van der Waals surface area (Å²) in [4.78, 5) is 11.7. The molecule has 2 rings (SSSR count). The molecule has 0 unspecified atom stereocenters. The van der Waals surface area contributed by atoms with Gasteiger partial charge in [0.25, 0.3) is 0 Å². The molecule has 0 aromatic carbocycles. The summed E-state index contributed by atoms with van der Waals surface area (Å²) in [5.74, 6) is 0.819. The van der Waals surface area contributed by atoms with Crippen molar-refractivity contribution >= 4 is 5.91 Å². The molecular formula is C13H20N2O2. The Morgan fingerprint density at radius 3 is 2.94 bits per heavy atom. The van der Waals surface area contributed by atoms with Crippen LogP contribution >= 0.6 is 0 Å². The van der Waals surface area contributed by atoms with E-state index in [1.54, 1.807) is 6.26 Å². The third kappa shape index (κ3) is 3.60. The molecule has 2 N–H and O–H groups in total. The summed E-state index contributed by atoms with van der Waals surface area (Å²) in [6.07, 6.45) is 6.57. The van der Waals surface area contributed by atoms with Gasteiger partial charge in [-0.25, -0.2) is 0 Å². The van der Waals surface area contributed by atoms with Crippen LogP contribution in [0.3, 0.4) is 0 Å². The Hall–Kier alpha value is -1.29. The van der Waals surface area contributed by atoms with Gasteiger partial charge in [-0.2, -0.15) is 0 Å². The second kappa shape index (κ2) is 5.87. The van der Waals surface area contributed by atoms with Gasteiger partial charge in [0.1, 0.15) is 5.76 Å². The largest absolute Gasteiger partial charge is 0.467 e. The van der Waals surface area contributed by atoms with Crippen molar-refractivity contribution in [2.24, 2.45) is 0 Å². The molecule has 0 aliphatic heterocycles. The highest BCUT2D eigenvalue weighted by molar-refractivity contribution is 5.78. The third-order valence-electron chi connectivity index (χ3n) is 3.25. The van der Waals surface area contributed by atoms with Gasteiger partial charge >= 0.3 is 0 Å². The minimum absolute atomic E-state index is 0.0285. The predicted molar refractivity (Wildman–Crippen MR) is 65.5 cm³/mol. The molecule has 0 bridgehead atoms. The molecule has 1 fully saturated rings. The molecule has 1 saturated carbocycles. The zero-order chi connectivity index (χ0) is 12.1. The van der Waals surface area contributed by atoms with Crippen molar-refractivity contribution in [1.29, 1.82) is 0 Å². The maximum Gasteiger partial charge on any atom is 0.234 e. The van der Waals surface area contributed by atoms with Crippen LogP contribution in [0.4, 0.5) is 0 Å². The van der Waals surface area contributed by atoms with Gasteiger partial charge in [-0.1, -0.05) is 12.8 Å². The maximum atomic E-state index is 11.7. The number of carbonyl (C=O) groups excluding carboxylic acids is 1. The molecule has 1 aromatic heterocycles. The third-order valence-corrected chi connectivity index (χ3v) is 3.25. The molecule has 4 nitrogen and oxygen atoms in total. The first-order chi connectivity index (χ1) is 8.25. The van der Waals surface area contributed by atoms with Gasteiger partial charge in [-0.05, 0) is 31.9 Å². The minimum Gasteiger partial charge on any atom is -0.467 e. The van der Waals surface area contributed by atoms with Crippen LogP contribution in [0.25, 0.3) is 0 Å². The topological polar surface area (TPSA) is 54.3 Å². The van der Waals surface area contributed by atoms with Crippen LogP contribution in [0.2, 0.25) is 0 Å². The highest BCUT2D eigenvalue weighted by atomic mass is 16.3. The number of hydrogen-bond acceptors (Lipinski definition) is 3. The molecule has 0 radical (unpaired) electrons. The van der Waals surface area contributed by atoms with Crippen LogP contribution in [-0.4, -0.2) is 18.5 Å². The van der Waals surface area contributed by atoms with Crippen molar-refractivity contribution in [3.05, 3.63) is 24.2 Å². The Labute approximate surface area is 102 Å². The van der Waals surface area contributed by atoms with Crippen LogP contribution in [-0.2, 0) is 4.79 Å². The van der Waals surface area contributed by atoms with Gasteiger partial charge in [-0.15, -0.1) is 0 Å². The summed E-state index contributed by atoms with van der Waals surface area (Å²) in [5.41, 5.74) is 0. The Kier molecular flexibility index (Phi) is 4.20. The molecule has 94 valence electrons. The summed E-state index contributed by atoms with van der Waals surface area (Å²) >= 11 is 0. The average molecular weight is 236 g/mol. The van der Waals surface area contributed by atoms with E-state index in [1.807, 2.05) is 19.1 Å². The lowest BCUT2D eigenvalue weighted by Gasteiger charge is -2.14. The van der Waals surface area contributed by atoms with Crippen molar-refractivity contribution in [2.45, 2.75) is 44.7 Å². The van der Waals surface area contributed by atoms with E-state index < -0.39 is 0 Å². The Bertz CT molecular complexity index is 342. The highest BCUT2D eigenvalue weighted by Crippen LogP contribution is 2.17. The molecule has 17 heavy (non-hydrogen) atoms. The van der Waals surface area contributed by atoms with Crippen LogP contribution in [0.5, 0.6) is 0 Å². The van der Waals surface area contributed by atoms with Gasteiger partial charge in [0.05, 0.1) is 18.8 Å². The van der Waals surface area contributed by atoms with Crippen LogP contribution in [0, 0.1) is 0 Å². The number of carbonyl (C=O) groups is 1. The first-order valence-corrected chi connectivity index (χ1v) is 6.32. The molecule has 0 saturated heterocycles. The number of amides is 1. The second-order valence-electron chi connectivity index (χ2n) is 4.67. The standard InChI is InChI=1S/C13H20N2O2/c1-10(12-7-4-8-17-12)15-13(16)9-14-11-5-2-3-6-11/h4,7-8,10-11,14H,2-3,5-6,9H2,1H3,(H,15,16)/t10-/m1/s1. The molecule has 1 aromatic rings. The first kappa shape index (κ1) is 12.2. The Morgan fingerprint density at radius 2 is 2.29 bits per heavy atom. The number of hydrogen-bond donors (Lipinski definition) is 2. The van der Waals surface area contributed by atoms with E-state index in [-0.39, 0.29) is 11.9 Å². The average Bonchev–Trinajstić information content (AvgIpc) is 2.99. The fraction of sp³-hybridized carbons (Fsp3) is 0.615. The molecular weight excluding hydrogens is 216 g/mol. The van der Waals surface area contributed by atoms with E-state index in [4.69, 9.17) is 4.42 Å². The zero-order valence-corrected chi connectivity index (χ0v) is 10.2. The minimum atomic E-state index is -0.0668. The lowest BCUT2D eigenvalue weighted by atomic mass is 10.2. The molecule has 1 atom stereocenters. The van der Waals surface area contributed by atoms with E-state index in [0.29, 0.717) is 12.6 Å². The molecule has 1 aliphatic carbocycles. The van der Waals surface area contributed by atoms with E-state index in [2.05, 4.69) is 10.6 Å². The number of rotatable bonds is 5. The predicted octanol–water partition coefficient (Wildman–Crippen LogP) is 1.99. The van der Waals surface area contributed by atoms with E-state index in [1.165, 1.54) is 25.7 Å². The van der Waals surface area contributed by atoms with Crippen molar-refractivity contribution in [3.63, 3.8) is 0 Å². The lowest BCUT2D eigenvalue weighted by molar-refractivity contribution is -0.121. The van der Waals surface area contributed by atoms with E-state index in [9.17, 15) is 4.79 Å². The maximum absolute atomic E-state index is 11.7. The molecule has 4 heteroatoms. The lowest BCUT2D eigenvalue weighted by Crippen LogP contribution is -2.38. The summed E-state index contributed by atoms with van der Waals surface area (Å²) in [5, 5.41) is 6.20. The fourth-order valence-corrected chi connectivity index (χ4v) is 2.27. The quantitative estimate of drug-likeness (QED) is 0.822. The van der Waals surface area contributed by atoms with Gasteiger partial charge < -0.3 is 15.1 Å². The Balaban J connectivity index is 1.69. The van der Waals surface area contributed by atoms with Gasteiger partial charge in [0.15, 0.2) is 0 Å². The smallest absolute Gasteiger partial charge is 0.234 e. The Morgan fingerprint density at radius 1 is 1.53 bits per heavy atom. The molecule has 1 amide bonds. The van der Waals surface area contributed by atoms with Gasteiger partial charge in [0.2, 0.25) is 5.91 Å². The van der Waals surface area contributed by atoms with E-state index in [0.717, 1.165) is 5.76 Å². The van der Waals surface area contributed by atoms with Crippen molar-refractivity contribution in [2.75, 3.05) is 6.54 Å². The monoisotopic (exact) mass is 236 g/mol. The summed E-state index contributed by atoms with van der Waals surface area (Å²) in [6.45, 7) is 2.32. The van der Waals surface area contributed by atoms with E-state index >= 15 is 0 Å². The SMILES string of the molecule is C[C@@H](NC(=O)CNC1CCCC1)c1ccco1. The van der Waals surface area contributed by atoms with Crippen molar-refractivity contribution in [1.82, 2.24) is 10.6 Å². The summed E-state index contributed by atoms with van der Waals surface area (Å²) in [6, 6.07) is 4.16. The highest BCUT2D eigenvalue weighted by Gasteiger charge is 2.16. The van der Waals surface area contributed by atoms with Gasteiger partial charge in [-0.3, -0.25) is 4.79 Å². The van der Waals surface area contributed by atoms with Crippen LogP contribution in [0.15, 0.2) is 22.8 Å². The molecule has 1 heterocycles. The second-order valence-corrected chi connectivity index (χ2v) is 4.67. The summed E-state index contributed by atoms with van der Waals surface area (Å²) in [7, 11) is 0. The fourth-order valence-electron chi connectivity index (χ4n) is 2.27. The molecule has 0 spiro atoms. The van der Waals surface area contributed by atoms with Crippen LogP contribution < -0.4 is 10.6 Å². The van der Waals surface area contributed by atoms with Crippen LogP contribution in [0.1, 0.15) is 44.4 Å². The molecule has 1 aliphatic rings.